The fraction of sp³-hybridized carbons (Fsp3) is 0.364. The van der Waals surface area contributed by atoms with Gasteiger partial charge in [-0.2, -0.15) is 0 Å². The fourth-order valence-electron chi connectivity index (χ4n) is 3.92. The van der Waals surface area contributed by atoms with Crippen LogP contribution in [-0.2, 0) is 4.74 Å². The molecule has 3 aromatic heterocycles. The highest BCUT2D eigenvalue weighted by molar-refractivity contribution is 5.47. The largest absolute Gasteiger partial charge is 0.490 e. The molecule has 1 aliphatic carbocycles. The summed E-state index contributed by atoms with van der Waals surface area (Å²) in [7, 11) is 0. The van der Waals surface area contributed by atoms with Crippen LogP contribution in [0.5, 0.6) is 5.75 Å². The molecule has 9 nitrogen and oxygen atoms in total. The van der Waals surface area contributed by atoms with Crippen molar-refractivity contribution >= 4 is 5.52 Å². The van der Waals surface area contributed by atoms with Crippen LogP contribution in [0.25, 0.3) is 11.2 Å². The number of halogens is 2. The van der Waals surface area contributed by atoms with Crippen molar-refractivity contribution < 1.29 is 23.4 Å². The normalized spacial score (nSPS) is 17.3. The maximum atomic E-state index is 14.8. The SMILES string of the molecule is OC(c1cn(-c2cc(F)c(OCC3COC3)cc2F)nn1)c1c(C2CC2)ncc2cncn12. The molecule has 33 heavy (non-hydrogen) atoms. The van der Waals surface area contributed by atoms with E-state index in [9.17, 15) is 13.9 Å². The number of hydrogen-bond acceptors (Lipinski definition) is 7. The summed E-state index contributed by atoms with van der Waals surface area (Å²) < 4.78 is 42.6. The molecule has 1 unspecified atom stereocenters. The van der Waals surface area contributed by atoms with E-state index in [1.807, 2.05) is 0 Å². The first-order chi connectivity index (χ1) is 16.1. The lowest BCUT2D eigenvalue weighted by Crippen LogP contribution is -2.32. The third-order valence-corrected chi connectivity index (χ3v) is 5.97. The number of ether oxygens (including phenoxy) is 2. The smallest absolute Gasteiger partial charge is 0.167 e. The van der Waals surface area contributed by atoms with Gasteiger partial charge in [-0.15, -0.1) is 5.10 Å². The van der Waals surface area contributed by atoms with Crippen molar-refractivity contribution in [3.8, 4) is 11.4 Å². The predicted octanol–water partition coefficient (Wildman–Crippen LogP) is 2.57. The molecule has 0 spiro atoms. The van der Waals surface area contributed by atoms with Crippen molar-refractivity contribution in [1.82, 2.24) is 29.4 Å². The minimum Gasteiger partial charge on any atom is -0.490 e. The van der Waals surface area contributed by atoms with Crippen LogP contribution in [0.15, 0.2) is 37.1 Å². The lowest BCUT2D eigenvalue weighted by atomic mass is 10.1. The first kappa shape index (κ1) is 20.2. The van der Waals surface area contributed by atoms with Gasteiger partial charge >= 0.3 is 0 Å². The molecule has 4 heterocycles. The number of imidazole rings is 1. The second-order valence-electron chi connectivity index (χ2n) is 8.43. The minimum absolute atomic E-state index is 0.140. The molecule has 0 amide bonds. The number of fused-ring (bicyclic) bond motifs is 1. The summed E-state index contributed by atoms with van der Waals surface area (Å²) in [6.07, 6.45) is 7.17. The average Bonchev–Trinajstić information content (AvgIpc) is 3.30. The Hall–Kier alpha value is -3.44. The molecule has 1 atom stereocenters. The van der Waals surface area contributed by atoms with Gasteiger partial charge in [0.15, 0.2) is 17.4 Å². The van der Waals surface area contributed by atoms with Crippen LogP contribution < -0.4 is 4.74 Å². The number of aliphatic hydroxyl groups is 1. The quantitative estimate of drug-likeness (QED) is 0.458. The van der Waals surface area contributed by atoms with Gasteiger partial charge in [-0.3, -0.25) is 9.38 Å². The molecule has 1 aliphatic heterocycles. The number of nitrogens with zero attached hydrogens (tertiary/aromatic N) is 6. The fourth-order valence-corrected chi connectivity index (χ4v) is 3.92. The van der Waals surface area contributed by atoms with E-state index in [1.165, 1.54) is 6.20 Å². The number of aliphatic hydroxyl groups excluding tert-OH is 1. The van der Waals surface area contributed by atoms with Crippen molar-refractivity contribution in [1.29, 1.82) is 0 Å². The molecule has 0 radical (unpaired) electrons. The van der Waals surface area contributed by atoms with E-state index in [1.54, 1.807) is 23.1 Å². The van der Waals surface area contributed by atoms with Gasteiger partial charge in [-0.1, -0.05) is 5.21 Å². The van der Waals surface area contributed by atoms with Crippen LogP contribution in [0.4, 0.5) is 8.78 Å². The van der Waals surface area contributed by atoms with Gasteiger partial charge in [0.05, 0.1) is 61.6 Å². The van der Waals surface area contributed by atoms with Gasteiger partial charge in [0.2, 0.25) is 0 Å². The van der Waals surface area contributed by atoms with Crippen molar-refractivity contribution in [3.63, 3.8) is 0 Å². The number of aromatic nitrogens is 6. The maximum Gasteiger partial charge on any atom is 0.167 e. The first-order valence-corrected chi connectivity index (χ1v) is 10.7. The third kappa shape index (κ3) is 3.62. The maximum absolute atomic E-state index is 14.8. The van der Waals surface area contributed by atoms with Gasteiger partial charge in [-0.25, -0.2) is 18.4 Å². The Balaban J connectivity index is 1.30. The zero-order valence-corrected chi connectivity index (χ0v) is 17.4. The Morgan fingerprint density at radius 3 is 2.79 bits per heavy atom. The van der Waals surface area contributed by atoms with Crippen LogP contribution in [0.2, 0.25) is 0 Å². The lowest BCUT2D eigenvalue weighted by molar-refractivity contribution is -0.0513. The summed E-state index contributed by atoms with van der Waals surface area (Å²) in [5, 5.41) is 19.1. The molecule has 1 aromatic carbocycles. The first-order valence-electron chi connectivity index (χ1n) is 10.7. The van der Waals surface area contributed by atoms with Gasteiger partial charge in [-0.05, 0) is 12.8 Å². The van der Waals surface area contributed by atoms with E-state index >= 15 is 0 Å². The Labute approximate surface area is 186 Å². The molecule has 1 saturated heterocycles. The van der Waals surface area contributed by atoms with E-state index in [4.69, 9.17) is 9.47 Å². The average molecular weight is 454 g/mol. The molecule has 0 bridgehead atoms. The van der Waals surface area contributed by atoms with Gasteiger partial charge in [0.25, 0.3) is 0 Å². The van der Waals surface area contributed by atoms with Crippen LogP contribution in [-0.4, -0.2) is 54.3 Å². The minimum atomic E-state index is -1.17. The van der Waals surface area contributed by atoms with Gasteiger partial charge in [0, 0.05) is 24.0 Å². The van der Waals surface area contributed by atoms with Gasteiger partial charge < -0.3 is 14.6 Å². The standard InChI is InChI=1S/C22H20F2N6O3/c23-15-4-19(33-10-12-8-32-9-12)16(24)3-18(15)30-7-17(27-28-30)22(31)21-20(13-1-2-13)26-6-14-5-25-11-29(14)21/h3-7,11-13,22,31H,1-2,8-10H2. The van der Waals surface area contributed by atoms with Crippen molar-refractivity contribution in [2.45, 2.75) is 24.9 Å². The van der Waals surface area contributed by atoms with Crippen LogP contribution >= 0.6 is 0 Å². The van der Waals surface area contributed by atoms with Crippen LogP contribution in [0.1, 0.15) is 41.9 Å². The second-order valence-corrected chi connectivity index (χ2v) is 8.43. The predicted molar refractivity (Wildman–Crippen MR) is 110 cm³/mol. The molecule has 11 heteroatoms. The van der Waals surface area contributed by atoms with E-state index in [2.05, 4.69) is 20.3 Å². The molecule has 4 aromatic rings. The summed E-state index contributed by atoms with van der Waals surface area (Å²) in [4.78, 5) is 8.66. The Morgan fingerprint density at radius 2 is 2.03 bits per heavy atom. The van der Waals surface area contributed by atoms with E-state index in [0.29, 0.717) is 18.9 Å². The molecule has 2 fully saturated rings. The van der Waals surface area contributed by atoms with Crippen LogP contribution in [0, 0.1) is 17.6 Å². The van der Waals surface area contributed by atoms with Crippen molar-refractivity contribution in [2.24, 2.45) is 5.92 Å². The Bertz CT molecular complexity index is 1330. The van der Waals surface area contributed by atoms with Crippen LogP contribution in [0.3, 0.4) is 0 Å². The molecule has 6 rings (SSSR count). The van der Waals surface area contributed by atoms with Crippen molar-refractivity contribution in [3.05, 3.63) is 65.8 Å². The number of benzene rings is 1. The third-order valence-electron chi connectivity index (χ3n) is 5.97. The summed E-state index contributed by atoms with van der Waals surface area (Å²) in [6.45, 7) is 1.36. The Morgan fingerprint density at radius 1 is 1.18 bits per heavy atom. The number of rotatable bonds is 7. The zero-order valence-electron chi connectivity index (χ0n) is 17.4. The Kier molecular flexibility index (Phi) is 4.80. The lowest BCUT2D eigenvalue weighted by Gasteiger charge is -2.25. The van der Waals surface area contributed by atoms with E-state index in [0.717, 1.165) is 40.9 Å². The van der Waals surface area contributed by atoms with Gasteiger partial charge in [0.1, 0.15) is 17.5 Å². The molecular formula is C22H20F2N6O3. The summed E-state index contributed by atoms with van der Waals surface area (Å²) in [5.74, 6) is -1.16. The molecule has 1 N–H and O–H groups in total. The molecule has 2 aliphatic rings. The topological polar surface area (TPSA) is 99.6 Å². The highest BCUT2D eigenvalue weighted by atomic mass is 19.1. The zero-order chi connectivity index (χ0) is 22.5. The summed E-state index contributed by atoms with van der Waals surface area (Å²) in [6, 6.07) is 1.99. The highest BCUT2D eigenvalue weighted by Crippen LogP contribution is 2.42. The van der Waals surface area contributed by atoms with E-state index < -0.39 is 17.7 Å². The molecule has 170 valence electrons. The highest BCUT2D eigenvalue weighted by Gasteiger charge is 2.32. The summed E-state index contributed by atoms with van der Waals surface area (Å²) in [5.41, 5.74) is 2.11. The molecule has 1 saturated carbocycles. The summed E-state index contributed by atoms with van der Waals surface area (Å²) >= 11 is 0. The number of hydrogen-bond donors (Lipinski definition) is 1. The monoisotopic (exact) mass is 454 g/mol. The second kappa shape index (κ2) is 7.85. The van der Waals surface area contributed by atoms with Crippen molar-refractivity contribution in [2.75, 3.05) is 19.8 Å². The van der Waals surface area contributed by atoms with E-state index in [-0.39, 0.29) is 35.6 Å². The molecular weight excluding hydrogens is 434 g/mol.